The number of fused-ring (bicyclic) bond motifs is 1. The Morgan fingerprint density at radius 2 is 2.26 bits per heavy atom. The van der Waals surface area contributed by atoms with Crippen molar-refractivity contribution < 1.29 is 14.2 Å². The molecule has 2 atom stereocenters. The van der Waals surface area contributed by atoms with Crippen molar-refractivity contribution >= 4 is 0 Å². The molecule has 1 fully saturated rings. The maximum atomic E-state index is 5.86. The van der Waals surface area contributed by atoms with E-state index in [-0.39, 0.29) is 12.2 Å². The predicted octanol–water partition coefficient (Wildman–Crippen LogP) is 1.83. The largest absolute Gasteiger partial charge is 0.496 e. The minimum atomic E-state index is 0.258. The number of hydrogen-bond acceptors (Lipinski definition) is 5. The first kappa shape index (κ1) is 16.6. The molecule has 128 valence electrons. The third kappa shape index (κ3) is 3.97. The van der Waals surface area contributed by atoms with Gasteiger partial charge in [0.1, 0.15) is 17.6 Å². The number of morpholine rings is 1. The van der Waals surface area contributed by atoms with E-state index in [0.29, 0.717) is 0 Å². The lowest BCUT2D eigenvalue weighted by Gasteiger charge is -2.32. The molecule has 2 aliphatic heterocycles. The molecule has 0 amide bonds. The fraction of sp³-hybridized carbons (Fsp3) is 0.667. The summed E-state index contributed by atoms with van der Waals surface area (Å²) in [5.74, 6) is 1.94. The Hall–Kier alpha value is -1.30. The topological polar surface area (TPSA) is 43.0 Å². The van der Waals surface area contributed by atoms with Gasteiger partial charge in [-0.3, -0.25) is 4.90 Å². The molecule has 0 radical (unpaired) electrons. The Balaban J connectivity index is 1.57. The number of rotatable bonds is 6. The van der Waals surface area contributed by atoms with Crippen LogP contribution in [0.3, 0.4) is 0 Å². The highest BCUT2D eigenvalue weighted by atomic mass is 16.5. The Labute approximate surface area is 138 Å². The van der Waals surface area contributed by atoms with Crippen molar-refractivity contribution in [3.63, 3.8) is 0 Å². The molecule has 0 bridgehead atoms. The molecule has 2 aliphatic rings. The van der Waals surface area contributed by atoms with Gasteiger partial charge < -0.3 is 19.5 Å². The highest BCUT2D eigenvalue weighted by Crippen LogP contribution is 2.34. The van der Waals surface area contributed by atoms with Crippen molar-refractivity contribution in [3.05, 3.63) is 23.3 Å². The van der Waals surface area contributed by atoms with Crippen LogP contribution in [-0.2, 0) is 17.7 Å². The van der Waals surface area contributed by atoms with E-state index < -0.39 is 0 Å². The van der Waals surface area contributed by atoms with Crippen molar-refractivity contribution in [1.29, 1.82) is 0 Å². The first-order chi connectivity index (χ1) is 11.2. The fourth-order valence-corrected chi connectivity index (χ4v) is 3.37. The average Bonchev–Trinajstić information content (AvgIpc) is 2.93. The van der Waals surface area contributed by atoms with E-state index in [0.717, 1.165) is 62.8 Å². The van der Waals surface area contributed by atoms with Gasteiger partial charge in [-0.15, -0.1) is 0 Å². The summed E-state index contributed by atoms with van der Waals surface area (Å²) >= 11 is 0. The SMILES string of the molecule is CCN1CCO[C@H](CNCc2cc3c(cc2OC)C[C@@H](C)O3)C1. The number of methoxy groups -OCH3 is 1. The fourth-order valence-electron chi connectivity index (χ4n) is 3.37. The normalized spacial score (nSPS) is 24.3. The zero-order chi connectivity index (χ0) is 16.2. The molecule has 1 N–H and O–H groups in total. The van der Waals surface area contributed by atoms with Crippen LogP contribution in [0.15, 0.2) is 12.1 Å². The molecule has 0 aromatic heterocycles. The molecule has 5 heteroatoms. The first-order valence-electron chi connectivity index (χ1n) is 8.60. The molecule has 1 aromatic rings. The van der Waals surface area contributed by atoms with E-state index in [2.05, 4.69) is 36.2 Å². The van der Waals surface area contributed by atoms with Gasteiger partial charge >= 0.3 is 0 Å². The van der Waals surface area contributed by atoms with E-state index in [1.54, 1.807) is 7.11 Å². The van der Waals surface area contributed by atoms with Gasteiger partial charge in [0.25, 0.3) is 0 Å². The maximum Gasteiger partial charge on any atom is 0.123 e. The summed E-state index contributed by atoms with van der Waals surface area (Å²) < 4.78 is 17.2. The van der Waals surface area contributed by atoms with Crippen LogP contribution in [-0.4, -0.2) is 57.0 Å². The highest BCUT2D eigenvalue weighted by Gasteiger charge is 2.22. The molecular formula is C18H28N2O3. The van der Waals surface area contributed by atoms with Gasteiger partial charge in [0, 0.05) is 43.7 Å². The quantitative estimate of drug-likeness (QED) is 0.866. The lowest BCUT2D eigenvalue weighted by atomic mass is 10.1. The molecule has 0 unspecified atom stereocenters. The van der Waals surface area contributed by atoms with Crippen LogP contribution in [0.2, 0.25) is 0 Å². The Bertz CT molecular complexity index is 535. The van der Waals surface area contributed by atoms with Gasteiger partial charge in [-0.05, 0) is 25.6 Å². The predicted molar refractivity (Wildman–Crippen MR) is 90.3 cm³/mol. The van der Waals surface area contributed by atoms with E-state index in [1.165, 1.54) is 5.56 Å². The van der Waals surface area contributed by atoms with Crippen LogP contribution in [0.4, 0.5) is 0 Å². The lowest BCUT2D eigenvalue weighted by molar-refractivity contribution is -0.0253. The summed E-state index contributed by atoms with van der Waals surface area (Å²) in [6, 6.07) is 4.23. The molecule has 23 heavy (non-hydrogen) atoms. The van der Waals surface area contributed by atoms with Crippen LogP contribution < -0.4 is 14.8 Å². The second kappa shape index (κ2) is 7.51. The van der Waals surface area contributed by atoms with Crippen molar-refractivity contribution in [1.82, 2.24) is 10.2 Å². The number of benzene rings is 1. The highest BCUT2D eigenvalue weighted by molar-refractivity contribution is 5.48. The zero-order valence-electron chi connectivity index (χ0n) is 14.4. The number of nitrogens with zero attached hydrogens (tertiary/aromatic N) is 1. The van der Waals surface area contributed by atoms with E-state index in [9.17, 15) is 0 Å². The molecule has 0 spiro atoms. The summed E-state index contributed by atoms with van der Waals surface area (Å²) in [4.78, 5) is 2.43. The van der Waals surface area contributed by atoms with Crippen molar-refractivity contribution in [2.75, 3.05) is 39.9 Å². The van der Waals surface area contributed by atoms with Gasteiger partial charge in [-0.2, -0.15) is 0 Å². The van der Waals surface area contributed by atoms with Crippen molar-refractivity contribution in [3.8, 4) is 11.5 Å². The van der Waals surface area contributed by atoms with Crippen molar-refractivity contribution in [2.45, 2.75) is 39.0 Å². The maximum absolute atomic E-state index is 5.86. The number of ether oxygens (including phenoxy) is 3. The molecule has 0 aliphatic carbocycles. The van der Waals surface area contributed by atoms with Gasteiger partial charge in [0.05, 0.1) is 19.8 Å². The van der Waals surface area contributed by atoms with Crippen LogP contribution in [0.25, 0.3) is 0 Å². The van der Waals surface area contributed by atoms with Crippen LogP contribution in [0, 0.1) is 0 Å². The smallest absolute Gasteiger partial charge is 0.123 e. The summed E-state index contributed by atoms with van der Waals surface area (Å²) in [6.07, 6.45) is 1.48. The standard InChI is InChI=1S/C18H28N2O3/c1-4-20-5-6-22-16(12-20)11-19-10-15-9-18-14(7-13(2)23-18)8-17(15)21-3/h8-9,13,16,19H,4-7,10-12H2,1-3H3/t13-,16-/m1/s1. The van der Waals surface area contributed by atoms with Crippen LogP contribution >= 0.6 is 0 Å². The van der Waals surface area contributed by atoms with Crippen LogP contribution in [0.1, 0.15) is 25.0 Å². The molecule has 2 heterocycles. The van der Waals surface area contributed by atoms with E-state index >= 15 is 0 Å². The third-order valence-electron chi connectivity index (χ3n) is 4.66. The Morgan fingerprint density at radius 3 is 3.04 bits per heavy atom. The second-order valence-corrected chi connectivity index (χ2v) is 6.42. The van der Waals surface area contributed by atoms with Crippen LogP contribution in [0.5, 0.6) is 11.5 Å². The summed E-state index contributed by atoms with van der Waals surface area (Å²) in [5.41, 5.74) is 2.39. The minimum absolute atomic E-state index is 0.258. The van der Waals surface area contributed by atoms with E-state index in [4.69, 9.17) is 14.2 Å². The number of likely N-dealkylation sites (N-methyl/N-ethyl adjacent to an activating group) is 1. The zero-order valence-corrected chi connectivity index (χ0v) is 14.4. The van der Waals surface area contributed by atoms with Gasteiger partial charge in [-0.1, -0.05) is 6.92 Å². The van der Waals surface area contributed by atoms with Gasteiger partial charge in [-0.25, -0.2) is 0 Å². The van der Waals surface area contributed by atoms with Gasteiger partial charge in [0.2, 0.25) is 0 Å². The molecule has 5 nitrogen and oxygen atoms in total. The lowest BCUT2D eigenvalue weighted by Crippen LogP contribution is -2.46. The first-order valence-corrected chi connectivity index (χ1v) is 8.60. The summed E-state index contributed by atoms with van der Waals surface area (Å²) in [7, 11) is 1.73. The van der Waals surface area contributed by atoms with Gasteiger partial charge in [0.15, 0.2) is 0 Å². The summed E-state index contributed by atoms with van der Waals surface area (Å²) in [6.45, 7) is 9.89. The molecule has 0 saturated carbocycles. The Morgan fingerprint density at radius 1 is 1.39 bits per heavy atom. The molecular weight excluding hydrogens is 292 g/mol. The number of hydrogen-bond donors (Lipinski definition) is 1. The number of nitrogens with one attached hydrogen (secondary N) is 1. The molecule has 3 rings (SSSR count). The van der Waals surface area contributed by atoms with Crippen molar-refractivity contribution in [2.24, 2.45) is 0 Å². The summed E-state index contributed by atoms with van der Waals surface area (Å²) in [5, 5.41) is 3.51. The Kier molecular flexibility index (Phi) is 5.41. The van der Waals surface area contributed by atoms with E-state index in [1.807, 2.05) is 0 Å². The molecule has 1 aromatic carbocycles. The monoisotopic (exact) mass is 320 g/mol. The average molecular weight is 320 g/mol. The third-order valence-corrected chi connectivity index (χ3v) is 4.66. The minimum Gasteiger partial charge on any atom is -0.496 e. The molecule has 1 saturated heterocycles. The second-order valence-electron chi connectivity index (χ2n) is 6.42.